The van der Waals surface area contributed by atoms with Crippen molar-refractivity contribution in [1.29, 1.82) is 0 Å². The van der Waals surface area contributed by atoms with Crippen LogP contribution < -0.4 is 10.2 Å². The Hall–Kier alpha value is -2.10. The molecule has 3 rings (SSSR count). The Morgan fingerprint density at radius 3 is 2.76 bits per heavy atom. The number of aromatic nitrogens is 2. The molecular weight excluding hydrogens is 260 g/mol. The zero-order chi connectivity index (χ0) is 14.7. The number of nitrogens with one attached hydrogen (secondary N) is 1. The smallest absolute Gasteiger partial charge is 0.134 e. The van der Waals surface area contributed by atoms with Gasteiger partial charge in [-0.3, -0.25) is 0 Å². The summed E-state index contributed by atoms with van der Waals surface area (Å²) in [4.78, 5) is 11.5. The quantitative estimate of drug-likeness (QED) is 0.935. The van der Waals surface area contributed by atoms with Gasteiger partial charge < -0.3 is 10.2 Å². The van der Waals surface area contributed by atoms with Crippen LogP contribution in [0, 0.1) is 0 Å². The maximum absolute atomic E-state index is 4.68. The molecule has 0 radical (unpaired) electrons. The van der Waals surface area contributed by atoms with Crippen LogP contribution in [-0.2, 0) is 6.42 Å². The molecule has 1 aliphatic heterocycles. The van der Waals surface area contributed by atoms with Crippen molar-refractivity contribution in [2.45, 2.75) is 25.7 Å². The first kappa shape index (κ1) is 13.9. The number of rotatable bonds is 4. The van der Waals surface area contributed by atoms with Gasteiger partial charge in [0.05, 0.1) is 0 Å². The zero-order valence-electron chi connectivity index (χ0n) is 12.7. The molecule has 1 atom stereocenters. The van der Waals surface area contributed by atoms with E-state index in [1.165, 1.54) is 12.0 Å². The van der Waals surface area contributed by atoms with Crippen LogP contribution in [0.5, 0.6) is 0 Å². The van der Waals surface area contributed by atoms with E-state index in [-0.39, 0.29) is 0 Å². The Morgan fingerprint density at radius 1 is 1.24 bits per heavy atom. The number of nitrogens with zero attached hydrogens (tertiary/aromatic N) is 3. The van der Waals surface area contributed by atoms with Crippen LogP contribution in [-0.4, -0.2) is 30.1 Å². The number of anilines is 2. The molecule has 1 saturated heterocycles. The third-order valence-electron chi connectivity index (χ3n) is 4.11. The summed E-state index contributed by atoms with van der Waals surface area (Å²) in [5.74, 6) is 3.45. The lowest BCUT2D eigenvalue weighted by atomic mass is 9.99. The lowest BCUT2D eigenvalue weighted by molar-refractivity contribution is 0.773. The van der Waals surface area contributed by atoms with Gasteiger partial charge in [-0.25, -0.2) is 9.97 Å². The van der Waals surface area contributed by atoms with Gasteiger partial charge in [0.1, 0.15) is 17.5 Å². The van der Waals surface area contributed by atoms with Gasteiger partial charge in [-0.15, -0.1) is 0 Å². The molecule has 0 spiro atoms. The van der Waals surface area contributed by atoms with Gasteiger partial charge in [0.15, 0.2) is 0 Å². The van der Waals surface area contributed by atoms with Crippen LogP contribution in [0.3, 0.4) is 0 Å². The fraction of sp³-hybridized carbons (Fsp3) is 0.412. The Labute approximate surface area is 126 Å². The predicted octanol–water partition coefficient (Wildman–Crippen LogP) is 3.07. The molecule has 0 aliphatic carbocycles. The summed E-state index contributed by atoms with van der Waals surface area (Å²) in [5.41, 5.74) is 1.43. The summed E-state index contributed by atoms with van der Waals surface area (Å²) < 4.78 is 0. The van der Waals surface area contributed by atoms with Crippen LogP contribution >= 0.6 is 0 Å². The van der Waals surface area contributed by atoms with Gasteiger partial charge >= 0.3 is 0 Å². The summed E-state index contributed by atoms with van der Waals surface area (Å²) >= 11 is 0. The van der Waals surface area contributed by atoms with Crippen molar-refractivity contribution in [1.82, 2.24) is 9.97 Å². The topological polar surface area (TPSA) is 41.1 Å². The average molecular weight is 282 g/mol. The maximum Gasteiger partial charge on any atom is 0.134 e. The van der Waals surface area contributed by atoms with Crippen LogP contribution in [0.1, 0.15) is 30.7 Å². The molecule has 4 nitrogen and oxygen atoms in total. The molecule has 2 heterocycles. The number of benzene rings is 1. The standard InChI is InChI=1S/C17H22N4/c1-3-15-19-16(18-2)11-17(20-15)21-10-9-14(12-21)13-7-5-4-6-8-13/h4-8,11,14H,3,9-10,12H2,1-2H3,(H,18,19,20). The largest absolute Gasteiger partial charge is 0.373 e. The highest BCUT2D eigenvalue weighted by atomic mass is 15.2. The van der Waals surface area contributed by atoms with E-state index in [1.807, 2.05) is 13.1 Å². The second-order valence-electron chi connectivity index (χ2n) is 5.47. The van der Waals surface area contributed by atoms with Crippen molar-refractivity contribution in [3.05, 3.63) is 47.8 Å². The highest BCUT2D eigenvalue weighted by Crippen LogP contribution is 2.30. The molecule has 4 heteroatoms. The molecule has 0 bridgehead atoms. The van der Waals surface area contributed by atoms with Gasteiger partial charge in [0, 0.05) is 38.5 Å². The van der Waals surface area contributed by atoms with Gasteiger partial charge in [-0.1, -0.05) is 37.3 Å². The SMILES string of the molecule is CCc1nc(NC)cc(N2CCC(c3ccccc3)C2)n1. The van der Waals surface area contributed by atoms with Crippen LogP contribution in [0.2, 0.25) is 0 Å². The molecule has 1 unspecified atom stereocenters. The molecule has 1 aromatic carbocycles. The maximum atomic E-state index is 4.68. The number of hydrogen-bond donors (Lipinski definition) is 1. The second-order valence-corrected chi connectivity index (χ2v) is 5.47. The highest BCUT2D eigenvalue weighted by molar-refractivity contribution is 5.50. The van der Waals surface area contributed by atoms with Gasteiger partial charge in [0.2, 0.25) is 0 Å². The zero-order valence-corrected chi connectivity index (χ0v) is 12.7. The minimum Gasteiger partial charge on any atom is -0.373 e. The third-order valence-corrected chi connectivity index (χ3v) is 4.11. The Balaban J connectivity index is 1.80. The Morgan fingerprint density at radius 2 is 2.05 bits per heavy atom. The van der Waals surface area contributed by atoms with Crippen LogP contribution in [0.4, 0.5) is 11.6 Å². The van der Waals surface area contributed by atoms with Gasteiger partial charge in [-0.05, 0) is 12.0 Å². The lowest BCUT2D eigenvalue weighted by Gasteiger charge is -2.19. The van der Waals surface area contributed by atoms with Crippen LogP contribution in [0.25, 0.3) is 0 Å². The van der Waals surface area contributed by atoms with Gasteiger partial charge in [0.25, 0.3) is 0 Å². The van der Waals surface area contributed by atoms with Gasteiger partial charge in [-0.2, -0.15) is 0 Å². The number of aryl methyl sites for hydroxylation is 1. The summed E-state index contributed by atoms with van der Waals surface area (Å²) in [5, 5.41) is 3.13. The van der Waals surface area contributed by atoms with E-state index < -0.39 is 0 Å². The summed E-state index contributed by atoms with van der Waals surface area (Å²) in [6, 6.07) is 12.8. The van der Waals surface area contributed by atoms with Crippen LogP contribution in [0.15, 0.2) is 36.4 Å². The molecule has 2 aromatic rings. The predicted molar refractivity (Wildman–Crippen MR) is 87.0 cm³/mol. The monoisotopic (exact) mass is 282 g/mol. The van der Waals surface area contributed by atoms with E-state index >= 15 is 0 Å². The minimum atomic E-state index is 0.601. The van der Waals surface area contributed by atoms with Crippen molar-refractivity contribution < 1.29 is 0 Å². The molecular formula is C17H22N4. The molecule has 0 amide bonds. The van der Waals surface area contributed by atoms with Crippen molar-refractivity contribution in [2.75, 3.05) is 30.4 Å². The lowest BCUT2D eigenvalue weighted by Crippen LogP contribution is -2.21. The third kappa shape index (κ3) is 2.99. The van der Waals surface area contributed by atoms with E-state index in [9.17, 15) is 0 Å². The summed E-state index contributed by atoms with van der Waals surface area (Å²) in [6.45, 7) is 4.19. The van der Waals surface area contributed by atoms with E-state index in [1.54, 1.807) is 0 Å². The Kier molecular flexibility index (Phi) is 4.04. The first-order chi connectivity index (χ1) is 10.3. The van der Waals surface area contributed by atoms with E-state index in [2.05, 4.69) is 57.4 Å². The first-order valence-electron chi connectivity index (χ1n) is 7.65. The molecule has 1 aromatic heterocycles. The minimum absolute atomic E-state index is 0.601. The average Bonchev–Trinajstić information content (AvgIpc) is 3.05. The fourth-order valence-corrected chi connectivity index (χ4v) is 2.90. The number of hydrogen-bond acceptors (Lipinski definition) is 4. The summed E-state index contributed by atoms with van der Waals surface area (Å²) in [7, 11) is 1.91. The highest BCUT2D eigenvalue weighted by Gasteiger charge is 2.25. The van der Waals surface area contributed by atoms with Crippen molar-refractivity contribution >= 4 is 11.6 Å². The summed E-state index contributed by atoms with van der Waals surface area (Å²) in [6.07, 6.45) is 2.04. The molecule has 0 saturated carbocycles. The van der Waals surface area contributed by atoms with E-state index in [4.69, 9.17) is 0 Å². The first-order valence-corrected chi connectivity index (χ1v) is 7.65. The molecule has 110 valence electrons. The molecule has 1 fully saturated rings. The second kappa shape index (κ2) is 6.12. The van der Waals surface area contributed by atoms with E-state index in [0.717, 1.165) is 37.0 Å². The van der Waals surface area contributed by atoms with Crippen molar-refractivity contribution in [2.24, 2.45) is 0 Å². The fourth-order valence-electron chi connectivity index (χ4n) is 2.90. The molecule has 1 N–H and O–H groups in total. The molecule has 1 aliphatic rings. The van der Waals surface area contributed by atoms with Crippen molar-refractivity contribution in [3.63, 3.8) is 0 Å². The normalized spacial score (nSPS) is 18.0. The Bertz CT molecular complexity index is 575. The van der Waals surface area contributed by atoms with E-state index in [0.29, 0.717) is 5.92 Å². The van der Waals surface area contributed by atoms with Crippen molar-refractivity contribution in [3.8, 4) is 0 Å². The molecule has 21 heavy (non-hydrogen) atoms.